The number of unbranched alkanes of at least 4 members (excludes halogenated alkanes) is 12. The van der Waals surface area contributed by atoms with Crippen molar-refractivity contribution in [3.8, 4) is 0 Å². The first-order valence-electron chi connectivity index (χ1n) is 15.5. The molecule has 0 heterocycles. The Bertz CT molecular complexity index is 668. The monoisotopic (exact) mass is 576 g/mol. The van der Waals surface area contributed by atoms with Crippen LogP contribution in [-0.4, -0.2) is 68.5 Å². The number of likely N-dealkylation sites (N-methyl/N-ethyl adjacent to an activating group) is 1. The number of quaternary nitrogens is 1. The van der Waals surface area contributed by atoms with Gasteiger partial charge in [0.15, 0.2) is 0 Å². The topological polar surface area (TPSA) is 108 Å². The third kappa shape index (κ3) is 25.9. The molecule has 2 N–H and O–H groups in total. The van der Waals surface area contributed by atoms with Gasteiger partial charge in [0.2, 0.25) is 5.91 Å². The number of rotatable bonds is 27. The standard InChI is InChI=1S/C30H61N2O6P/c1-6-8-10-12-13-14-15-16-17-18-19-20-22-24-30(34)31-28(29(33)23-21-11-9-7-2)27-38-39(35,36)37-26-25-32(3,4)5/h14-15,28-29,33H,6-13,16-27H2,1-5H3,(H-,31,34,35,36)/b15-14-. The minimum Gasteiger partial charge on any atom is -0.756 e. The molecule has 0 aliphatic heterocycles. The van der Waals surface area contributed by atoms with E-state index >= 15 is 0 Å². The van der Waals surface area contributed by atoms with Crippen molar-refractivity contribution < 1.29 is 32.9 Å². The summed E-state index contributed by atoms with van der Waals surface area (Å²) in [6.07, 6.45) is 21.2. The number of carbonyl (C=O) groups excluding carboxylic acids is 1. The molecule has 0 saturated heterocycles. The second-order valence-corrected chi connectivity index (χ2v) is 13.2. The molecule has 0 aliphatic carbocycles. The lowest BCUT2D eigenvalue weighted by Gasteiger charge is -2.30. The zero-order chi connectivity index (χ0) is 29.4. The van der Waals surface area contributed by atoms with Crippen molar-refractivity contribution >= 4 is 13.7 Å². The molecule has 0 aromatic heterocycles. The van der Waals surface area contributed by atoms with Crippen LogP contribution in [0.25, 0.3) is 0 Å². The Kier molecular flexibility index (Phi) is 23.4. The predicted octanol–water partition coefficient (Wildman–Crippen LogP) is 6.27. The Morgan fingerprint density at radius 3 is 2.00 bits per heavy atom. The van der Waals surface area contributed by atoms with Gasteiger partial charge in [-0.25, -0.2) is 0 Å². The van der Waals surface area contributed by atoms with Crippen LogP contribution in [0.3, 0.4) is 0 Å². The van der Waals surface area contributed by atoms with Crippen molar-refractivity contribution in [1.29, 1.82) is 0 Å². The number of hydrogen-bond acceptors (Lipinski definition) is 6. The van der Waals surface area contributed by atoms with Crippen LogP contribution >= 0.6 is 7.82 Å². The van der Waals surface area contributed by atoms with Crippen LogP contribution in [0, 0.1) is 0 Å². The number of hydrogen-bond donors (Lipinski definition) is 2. The van der Waals surface area contributed by atoms with Gasteiger partial charge in [0.25, 0.3) is 7.82 Å². The number of nitrogens with zero attached hydrogens (tertiary/aromatic N) is 1. The van der Waals surface area contributed by atoms with E-state index in [1.54, 1.807) is 0 Å². The first-order chi connectivity index (χ1) is 18.5. The van der Waals surface area contributed by atoms with Gasteiger partial charge in [-0.1, -0.05) is 90.2 Å². The van der Waals surface area contributed by atoms with Crippen molar-refractivity contribution in [2.45, 2.75) is 135 Å². The lowest BCUT2D eigenvalue weighted by molar-refractivity contribution is -0.870. The predicted molar refractivity (Wildman–Crippen MR) is 159 cm³/mol. The summed E-state index contributed by atoms with van der Waals surface area (Å²) in [4.78, 5) is 24.8. The van der Waals surface area contributed by atoms with E-state index in [0.29, 0.717) is 23.9 Å². The van der Waals surface area contributed by atoms with Gasteiger partial charge in [-0.05, 0) is 38.5 Å². The van der Waals surface area contributed by atoms with E-state index in [9.17, 15) is 19.4 Å². The maximum absolute atomic E-state index is 12.6. The van der Waals surface area contributed by atoms with Crippen molar-refractivity contribution in [2.24, 2.45) is 0 Å². The summed E-state index contributed by atoms with van der Waals surface area (Å²) in [6, 6.07) is -0.794. The molecule has 8 nitrogen and oxygen atoms in total. The van der Waals surface area contributed by atoms with E-state index in [4.69, 9.17) is 9.05 Å². The summed E-state index contributed by atoms with van der Waals surface area (Å²) in [5, 5.41) is 13.5. The lowest BCUT2D eigenvalue weighted by atomic mass is 10.0. The van der Waals surface area contributed by atoms with Gasteiger partial charge in [0.05, 0.1) is 39.9 Å². The zero-order valence-corrected chi connectivity index (χ0v) is 26.7. The third-order valence-electron chi connectivity index (χ3n) is 6.75. The van der Waals surface area contributed by atoms with Crippen LogP contribution in [0.4, 0.5) is 0 Å². The summed E-state index contributed by atoms with van der Waals surface area (Å²) >= 11 is 0. The molecule has 0 bridgehead atoms. The highest BCUT2D eigenvalue weighted by Gasteiger charge is 2.24. The maximum Gasteiger partial charge on any atom is 0.268 e. The summed E-state index contributed by atoms with van der Waals surface area (Å²) in [6.45, 7) is 4.53. The highest BCUT2D eigenvalue weighted by atomic mass is 31.2. The average molecular weight is 577 g/mol. The highest BCUT2D eigenvalue weighted by Crippen LogP contribution is 2.38. The van der Waals surface area contributed by atoms with Gasteiger partial charge in [-0.3, -0.25) is 9.36 Å². The van der Waals surface area contributed by atoms with Gasteiger partial charge in [-0.2, -0.15) is 0 Å². The number of phosphoric ester groups is 1. The van der Waals surface area contributed by atoms with Gasteiger partial charge < -0.3 is 28.8 Å². The van der Waals surface area contributed by atoms with Crippen molar-refractivity contribution in [1.82, 2.24) is 5.32 Å². The fourth-order valence-corrected chi connectivity index (χ4v) is 4.87. The van der Waals surface area contributed by atoms with E-state index in [1.165, 1.54) is 38.5 Å². The summed E-state index contributed by atoms with van der Waals surface area (Å²) in [7, 11) is 1.29. The summed E-state index contributed by atoms with van der Waals surface area (Å²) in [5.41, 5.74) is 0. The van der Waals surface area contributed by atoms with E-state index in [2.05, 4.69) is 31.3 Å². The first-order valence-corrected chi connectivity index (χ1v) is 17.0. The van der Waals surface area contributed by atoms with Crippen LogP contribution in [0.5, 0.6) is 0 Å². The van der Waals surface area contributed by atoms with E-state index in [1.807, 2.05) is 21.1 Å². The first kappa shape index (κ1) is 38.2. The number of nitrogens with one attached hydrogen (secondary N) is 1. The van der Waals surface area contributed by atoms with Crippen LogP contribution < -0.4 is 10.2 Å². The molecule has 0 fully saturated rings. The third-order valence-corrected chi connectivity index (χ3v) is 7.72. The van der Waals surface area contributed by atoms with Gasteiger partial charge in [-0.15, -0.1) is 0 Å². The number of amides is 1. The van der Waals surface area contributed by atoms with E-state index in [-0.39, 0.29) is 19.1 Å². The quantitative estimate of drug-likeness (QED) is 0.0517. The maximum atomic E-state index is 12.6. The molecular weight excluding hydrogens is 515 g/mol. The molecule has 0 rings (SSSR count). The molecule has 1 amide bonds. The normalized spacial score (nSPS) is 15.4. The van der Waals surface area contributed by atoms with Crippen LogP contribution in [-0.2, 0) is 18.4 Å². The SMILES string of the molecule is CCCCCC/C=C\CCCCCCCC(=O)NC(COP(=O)([O-])OCC[N+](C)(C)C)C(O)CCCCCC. The minimum absolute atomic E-state index is 0.0101. The molecule has 9 heteroatoms. The summed E-state index contributed by atoms with van der Waals surface area (Å²) in [5.74, 6) is -0.186. The van der Waals surface area contributed by atoms with Crippen LogP contribution in [0.15, 0.2) is 12.2 Å². The van der Waals surface area contributed by atoms with Gasteiger partial charge in [0.1, 0.15) is 13.2 Å². The Morgan fingerprint density at radius 2 is 1.41 bits per heavy atom. The molecule has 0 radical (unpaired) electrons. The molecule has 0 spiro atoms. The molecule has 3 unspecified atom stereocenters. The average Bonchev–Trinajstić information content (AvgIpc) is 2.86. The molecule has 39 heavy (non-hydrogen) atoms. The van der Waals surface area contributed by atoms with Crippen molar-refractivity contribution in [2.75, 3.05) is 40.9 Å². The zero-order valence-electron chi connectivity index (χ0n) is 25.8. The fraction of sp³-hybridized carbons (Fsp3) is 0.900. The molecule has 0 aromatic carbocycles. The second kappa shape index (κ2) is 23.9. The largest absolute Gasteiger partial charge is 0.756 e. The molecular formula is C30H61N2O6P. The highest BCUT2D eigenvalue weighted by molar-refractivity contribution is 7.45. The van der Waals surface area contributed by atoms with E-state index < -0.39 is 20.0 Å². The second-order valence-electron chi connectivity index (χ2n) is 11.8. The Morgan fingerprint density at radius 1 is 0.872 bits per heavy atom. The molecule has 0 aliphatic rings. The molecule has 0 saturated carbocycles. The number of carbonyl (C=O) groups is 1. The Balaban J connectivity index is 4.39. The molecule has 232 valence electrons. The Hall–Kier alpha value is -0.760. The molecule has 3 atom stereocenters. The number of phosphoric acid groups is 1. The number of allylic oxidation sites excluding steroid dienone is 2. The number of aliphatic hydroxyl groups excluding tert-OH is 1. The van der Waals surface area contributed by atoms with Gasteiger partial charge >= 0.3 is 0 Å². The fourth-order valence-electron chi connectivity index (χ4n) is 4.15. The smallest absolute Gasteiger partial charge is 0.268 e. The minimum atomic E-state index is -4.53. The summed E-state index contributed by atoms with van der Waals surface area (Å²) < 4.78 is 22.8. The lowest BCUT2D eigenvalue weighted by Crippen LogP contribution is -2.46. The number of aliphatic hydroxyl groups is 1. The van der Waals surface area contributed by atoms with Crippen molar-refractivity contribution in [3.05, 3.63) is 12.2 Å². The van der Waals surface area contributed by atoms with Crippen molar-refractivity contribution in [3.63, 3.8) is 0 Å². The Labute approximate surface area is 240 Å². The molecule has 0 aromatic rings. The van der Waals surface area contributed by atoms with Crippen LogP contribution in [0.2, 0.25) is 0 Å². The van der Waals surface area contributed by atoms with Gasteiger partial charge in [0, 0.05) is 6.42 Å². The van der Waals surface area contributed by atoms with Crippen LogP contribution in [0.1, 0.15) is 123 Å². The van der Waals surface area contributed by atoms with E-state index in [0.717, 1.165) is 57.8 Å².